The van der Waals surface area contributed by atoms with Crippen molar-refractivity contribution >= 4 is 41.5 Å². The van der Waals surface area contributed by atoms with Gasteiger partial charge in [0.2, 0.25) is 5.91 Å². The van der Waals surface area contributed by atoms with Gasteiger partial charge < -0.3 is 20.7 Å². The van der Waals surface area contributed by atoms with Crippen molar-refractivity contribution in [3.05, 3.63) is 54.6 Å². The lowest BCUT2D eigenvalue weighted by Gasteiger charge is -2.35. The number of carbonyl (C=O) groups excluding carboxylic acids is 1. The van der Waals surface area contributed by atoms with E-state index >= 15 is 0 Å². The van der Waals surface area contributed by atoms with Crippen LogP contribution in [-0.2, 0) is 4.79 Å². The second kappa shape index (κ2) is 12.8. The number of guanidine groups is 1. The molecule has 7 nitrogen and oxygen atoms in total. The van der Waals surface area contributed by atoms with Gasteiger partial charge in [-0.2, -0.15) is 0 Å². The quantitative estimate of drug-likeness (QED) is 0.301. The van der Waals surface area contributed by atoms with Crippen LogP contribution in [0.25, 0.3) is 0 Å². The van der Waals surface area contributed by atoms with E-state index in [9.17, 15) is 4.79 Å². The molecule has 2 aromatic carbocycles. The van der Waals surface area contributed by atoms with E-state index in [1.807, 2.05) is 54.6 Å². The Kier molecular flexibility index (Phi) is 9.80. The first kappa shape index (κ1) is 25.3. The van der Waals surface area contributed by atoms with Crippen molar-refractivity contribution in [3.8, 4) is 11.5 Å². The number of carbonyl (C=O) groups is 1. The van der Waals surface area contributed by atoms with E-state index in [0.717, 1.165) is 62.8 Å². The topological polar surface area (TPSA) is 83.2 Å². The van der Waals surface area contributed by atoms with Gasteiger partial charge in [0, 0.05) is 50.4 Å². The number of aliphatic imine (C=N–C) groups is 1. The molecule has 0 spiro atoms. The van der Waals surface area contributed by atoms with Crippen molar-refractivity contribution in [2.75, 3.05) is 44.6 Å². The van der Waals surface area contributed by atoms with Crippen LogP contribution in [-0.4, -0.2) is 60.9 Å². The SMILES string of the molecule is I.NC(=NCCN1CCN(C(=O)C2CCCC2)CC1)Nc1cccc(Oc2ccccc2)c1. The Morgan fingerprint density at radius 2 is 1.70 bits per heavy atom. The number of hydrogen-bond donors (Lipinski definition) is 2. The molecule has 1 aliphatic carbocycles. The number of piperazine rings is 1. The zero-order chi connectivity index (χ0) is 22.2. The number of amides is 1. The van der Waals surface area contributed by atoms with E-state index in [0.29, 0.717) is 18.4 Å². The lowest BCUT2D eigenvalue weighted by atomic mass is 10.1. The molecule has 1 saturated heterocycles. The van der Waals surface area contributed by atoms with Gasteiger partial charge in [0.1, 0.15) is 11.5 Å². The predicted octanol–water partition coefficient (Wildman–Crippen LogP) is 4.16. The Hall–Kier alpha value is -2.33. The van der Waals surface area contributed by atoms with Gasteiger partial charge in [-0.25, -0.2) is 0 Å². The summed E-state index contributed by atoms with van der Waals surface area (Å²) in [7, 11) is 0. The second-order valence-electron chi connectivity index (χ2n) is 8.48. The number of ether oxygens (including phenoxy) is 1. The molecule has 178 valence electrons. The normalized spacial score (nSPS) is 17.5. The lowest BCUT2D eigenvalue weighted by molar-refractivity contribution is -0.137. The van der Waals surface area contributed by atoms with E-state index in [1.165, 1.54) is 12.8 Å². The average molecular weight is 563 g/mol. The van der Waals surface area contributed by atoms with Gasteiger partial charge in [0.05, 0.1) is 6.54 Å². The molecule has 1 amide bonds. The van der Waals surface area contributed by atoms with E-state index in [-0.39, 0.29) is 29.9 Å². The van der Waals surface area contributed by atoms with Crippen LogP contribution < -0.4 is 15.8 Å². The Morgan fingerprint density at radius 3 is 2.42 bits per heavy atom. The van der Waals surface area contributed by atoms with Crippen LogP contribution in [0.3, 0.4) is 0 Å². The average Bonchev–Trinajstić information content (AvgIpc) is 3.35. The highest BCUT2D eigenvalue weighted by atomic mass is 127. The molecular weight excluding hydrogens is 529 g/mol. The fourth-order valence-electron chi connectivity index (χ4n) is 4.38. The third-order valence-electron chi connectivity index (χ3n) is 6.17. The lowest BCUT2D eigenvalue weighted by Crippen LogP contribution is -2.50. The molecule has 2 aliphatic rings. The first-order chi connectivity index (χ1) is 15.7. The van der Waals surface area contributed by atoms with Crippen LogP contribution in [0.15, 0.2) is 59.6 Å². The number of anilines is 1. The van der Waals surface area contributed by atoms with Crippen LogP contribution in [0, 0.1) is 5.92 Å². The number of nitrogens with zero attached hydrogens (tertiary/aromatic N) is 3. The maximum absolute atomic E-state index is 12.6. The zero-order valence-electron chi connectivity index (χ0n) is 19.0. The molecule has 1 saturated carbocycles. The summed E-state index contributed by atoms with van der Waals surface area (Å²) in [5.74, 6) is 2.55. The monoisotopic (exact) mass is 563 g/mol. The van der Waals surface area contributed by atoms with E-state index in [4.69, 9.17) is 10.5 Å². The third kappa shape index (κ3) is 7.60. The summed E-state index contributed by atoms with van der Waals surface area (Å²) in [4.78, 5) is 21.4. The number of nitrogens with one attached hydrogen (secondary N) is 1. The maximum Gasteiger partial charge on any atom is 0.225 e. The number of benzene rings is 2. The maximum atomic E-state index is 12.6. The molecule has 4 rings (SSSR count). The summed E-state index contributed by atoms with van der Waals surface area (Å²) in [6.45, 7) is 4.91. The first-order valence-electron chi connectivity index (χ1n) is 11.6. The number of halogens is 1. The van der Waals surface area contributed by atoms with Crippen LogP contribution in [0.4, 0.5) is 5.69 Å². The Bertz CT molecular complexity index is 910. The molecule has 1 aliphatic heterocycles. The number of nitrogens with two attached hydrogens (primary N) is 1. The summed E-state index contributed by atoms with van der Waals surface area (Å²) in [5, 5.41) is 3.14. The molecule has 0 atom stereocenters. The molecule has 1 heterocycles. The minimum absolute atomic E-state index is 0. The molecule has 0 bridgehead atoms. The van der Waals surface area contributed by atoms with Crippen molar-refractivity contribution in [3.63, 3.8) is 0 Å². The summed E-state index contributed by atoms with van der Waals surface area (Å²) in [6.07, 6.45) is 4.55. The summed E-state index contributed by atoms with van der Waals surface area (Å²) >= 11 is 0. The Labute approximate surface area is 213 Å². The van der Waals surface area contributed by atoms with Crippen LogP contribution in [0.5, 0.6) is 11.5 Å². The number of para-hydroxylation sites is 1. The van der Waals surface area contributed by atoms with Crippen LogP contribution in [0.1, 0.15) is 25.7 Å². The predicted molar refractivity (Wildman–Crippen MR) is 143 cm³/mol. The second-order valence-corrected chi connectivity index (χ2v) is 8.48. The van der Waals surface area contributed by atoms with Crippen LogP contribution >= 0.6 is 24.0 Å². The van der Waals surface area contributed by atoms with Gasteiger partial charge in [-0.15, -0.1) is 24.0 Å². The highest BCUT2D eigenvalue weighted by Gasteiger charge is 2.29. The molecule has 33 heavy (non-hydrogen) atoms. The molecular formula is C25H34IN5O2. The molecule has 0 aromatic heterocycles. The van der Waals surface area contributed by atoms with Gasteiger partial charge in [0.25, 0.3) is 0 Å². The third-order valence-corrected chi connectivity index (χ3v) is 6.17. The Morgan fingerprint density at radius 1 is 1.00 bits per heavy atom. The van der Waals surface area contributed by atoms with Gasteiger partial charge in [-0.1, -0.05) is 37.1 Å². The van der Waals surface area contributed by atoms with Crippen molar-refractivity contribution in [2.24, 2.45) is 16.6 Å². The van der Waals surface area contributed by atoms with E-state index in [2.05, 4.69) is 20.1 Å². The molecule has 8 heteroatoms. The smallest absolute Gasteiger partial charge is 0.225 e. The van der Waals surface area contributed by atoms with Crippen molar-refractivity contribution in [2.45, 2.75) is 25.7 Å². The Balaban J connectivity index is 0.00000306. The summed E-state index contributed by atoms with van der Waals surface area (Å²) < 4.78 is 5.86. The molecule has 3 N–H and O–H groups in total. The number of hydrogen-bond acceptors (Lipinski definition) is 4. The minimum atomic E-state index is 0. The van der Waals surface area contributed by atoms with Crippen LogP contribution in [0.2, 0.25) is 0 Å². The van der Waals surface area contributed by atoms with Crippen molar-refractivity contribution in [1.82, 2.24) is 9.80 Å². The summed E-state index contributed by atoms with van der Waals surface area (Å²) in [5.41, 5.74) is 6.91. The van der Waals surface area contributed by atoms with E-state index < -0.39 is 0 Å². The molecule has 0 radical (unpaired) electrons. The molecule has 2 aromatic rings. The standard InChI is InChI=1S/C25H33N5O2.HI/c26-25(28-21-9-6-12-23(19-21)32-22-10-2-1-3-11-22)27-13-14-29-15-17-30(18-16-29)24(31)20-7-4-5-8-20;/h1-3,6,9-12,19-20H,4-5,7-8,13-18H2,(H3,26,27,28);1H. The fourth-order valence-corrected chi connectivity index (χ4v) is 4.38. The molecule has 0 unspecified atom stereocenters. The van der Waals surface area contributed by atoms with Gasteiger partial charge >= 0.3 is 0 Å². The highest BCUT2D eigenvalue weighted by Crippen LogP contribution is 2.27. The highest BCUT2D eigenvalue weighted by molar-refractivity contribution is 14.0. The molecule has 2 fully saturated rings. The minimum Gasteiger partial charge on any atom is -0.457 e. The van der Waals surface area contributed by atoms with Crippen molar-refractivity contribution < 1.29 is 9.53 Å². The van der Waals surface area contributed by atoms with Crippen molar-refractivity contribution in [1.29, 1.82) is 0 Å². The number of rotatable bonds is 7. The van der Waals surface area contributed by atoms with Gasteiger partial charge in [-0.05, 0) is 37.1 Å². The van der Waals surface area contributed by atoms with Gasteiger partial charge in [-0.3, -0.25) is 14.7 Å². The van der Waals surface area contributed by atoms with Gasteiger partial charge in [0.15, 0.2) is 5.96 Å². The van der Waals surface area contributed by atoms with E-state index in [1.54, 1.807) is 0 Å². The fraction of sp³-hybridized carbons (Fsp3) is 0.440. The zero-order valence-corrected chi connectivity index (χ0v) is 21.3. The summed E-state index contributed by atoms with van der Waals surface area (Å²) in [6, 6.07) is 17.3. The first-order valence-corrected chi connectivity index (χ1v) is 11.6. The largest absolute Gasteiger partial charge is 0.457 e.